The number of ether oxygens (including phenoxy) is 2. The number of hydrogen-bond acceptors (Lipinski definition) is 6. The quantitative estimate of drug-likeness (QED) is 0.739. The number of methoxy groups -OCH3 is 2. The van der Waals surface area contributed by atoms with E-state index in [0.717, 1.165) is 47.1 Å². The average molecular weight is 385 g/mol. The van der Waals surface area contributed by atoms with Gasteiger partial charge in [0.25, 0.3) is 5.91 Å². The molecular formula is C20H23N3O3S. The van der Waals surface area contributed by atoms with E-state index < -0.39 is 0 Å². The van der Waals surface area contributed by atoms with Crippen LogP contribution < -0.4 is 15.2 Å². The second kappa shape index (κ2) is 6.88. The molecule has 27 heavy (non-hydrogen) atoms. The Morgan fingerprint density at radius 3 is 2.52 bits per heavy atom. The van der Waals surface area contributed by atoms with Crippen LogP contribution in [0.15, 0.2) is 18.2 Å². The number of likely N-dealkylation sites (tertiary alicyclic amines) is 1. The molecule has 0 bridgehead atoms. The third kappa shape index (κ3) is 3.06. The first-order valence-corrected chi connectivity index (χ1v) is 9.87. The highest BCUT2D eigenvalue weighted by atomic mass is 32.1. The molecule has 1 aromatic carbocycles. The van der Waals surface area contributed by atoms with Gasteiger partial charge in [0, 0.05) is 29.9 Å². The molecule has 2 aromatic heterocycles. The second-order valence-corrected chi connectivity index (χ2v) is 8.06. The first-order valence-electron chi connectivity index (χ1n) is 9.05. The number of thiophene rings is 1. The van der Waals surface area contributed by atoms with E-state index in [9.17, 15) is 4.79 Å². The maximum absolute atomic E-state index is 13.0. The highest BCUT2D eigenvalue weighted by Crippen LogP contribution is 2.38. The van der Waals surface area contributed by atoms with E-state index in [1.165, 1.54) is 11.3 Å². The molecule has 0 aliphatic carbocycles. The number of carbonyl (C=O) groups excluding carboxylic acids is 1. The van der Waals surface area contributed by atoms with Gasteiger partial charge in [-0.1, -0.05) is 6.92 Å². The molecule has 0 saturated carbocycles. The minimum atomic E-state index is 0.0154. The number of fused-ring (bicyclic) bond motifs is 2. The smallest absolute Gasteiger partial charge is 0.266 e. The summed E-state index contributed by atoms with van der Waals surface area (Å²) in [7, 11) is 3.20. The van der Waals surface area contributed by atoms with Crippen molar-refractivity contribution in [1.29, 1.82) is 0 Å². The largest absolute Gasteiger partial charge is 0.493 e. The van der Waals surface area contributed by atoms with Crippen molar-refractivity contribution >= 4 is 44.1 Å². The first-order chi connectivity index (χ1) is 13.0. The van der Waals surface area contributed by atoms with Crippen LogP contribution >= 0.6 is 11.3 Å². The van der Waals surface area contributed by atoms with E-state index in [4.69, 9.17) is 20.2 Å². The van der Waals surface area contributed by atoms with Crippen LogP contribution in [0.1, 0.15) is 29.4 Å². The van der Waals surface area contributed by atoms with Gasteiger partial charge >= 0.3 is 0 Å². The number of aromatic nitrogens is 1. The number of nitrogen functional groups attached to an aromatic ring is 1. The van der Waals surface area contributed by atoms with Gasteiger partial charge in [0.15, 0.2) is 11.5 Å². The molecule has 0 unspecified atom stereocenters. The van der Waals surface area contributed by atoms with Gasteiger partial charge in [-0.3, -0.25) is 4.79 Å². The van der Waals surface area contributed by atoms with Crippen molar-refractivity contribution in [3.63, 3.8) is 0 Å². The van der Waals surface area contributed by atoms with Crippen molar-refractivity contribution in [1.82, 2.24) is 9.88 Å². The van der Waals surface area contributed by atoms with Crippen molar-refractivity contribution in [2.45, 2.75) is 19.8 Å². The fraction of sp³-hybridized carbons (Fsp3) is 0.400. The fourth-order valence-electron chi connectivity index (χ4n) is 3.54. The number of benzene rings is 1. The predicted octanol–water partition coefficient (Wildman–Crippen LogP) is 3.92. The molecule has 0 atom stereocenters. The van der Waals surface area contributed by atoms with Crippen LogP contribution in [0.5, 0.6) is 11.5 Å². The summed E-state index contributed by atoms with van der Waals surface area (Å²) in [4.78, 5) is 21.0. The zero-order chi connectivity index (χ0) is 19.1. The number of nitrogens with zero attached hydrogens (tertiary/aromatic N) is 2. The van der Waals surface area contributed by atoms with Gasteiger partial charge in [0.05, 0.1) is 25.4 Å². The minimum absolute atomic E-state index is 0.0154. The monoisotopic (exact) mass is 385 g/mol. The Labute approximate surface area is 161 Å². The lowest BCUT2D eigenvalue weighted by molar-refractivity contribution is 0.0703. The zero-order valence-corrected chi connectivity index (χ0v) is 16.6. The number of hydrogen-bond donors (Lipinski definition) is 1. The number of nitrogens with two attached hydrogens (primary N) is 1. The Morgan fingerprint density at radius 2 is 1.85 bits per heavy atom. The summed E-state index contributed by atoms with van der Waals surface area (Å²) < 4.78 is 10.7. The van der Waals surface area contributed by atoms with Crippen molar-refractivity contribution in [3.8, 4) is 11.5 Å². The van der Waals surface area contributed by atoms with E-state index in [0.29, 0.717) is 28.0 Å². The first kappa shape index (κ1) is 17.9. The van der Waals surface area contributed by atoms with Crippen LogP contribution in [0.25, 0.3) is 21.1 Å². The summed E-state index contributed by atoms with van der Waals surface area (Å²) in [5.74, 6) is 1.95. The Bertz CT molecular complexity index is 1020. The molecule has 0 radical (unpaired) electrons. The van der Waals surface area contributed by atoms with Gasteiger partial charge in [0.2, 0.25) is 0 Å². The zero-order valence-electron chi connectivity index (χ0n) is 15.7. The van der Waals surface area contributed by atoms with E-state index in [1.54, 1.807) is 14.2 Å². The molecule has 2 N–H and O–H groups in total. The Morgan fingerprint density at radius 1 is 1.19 bits per heavy atom. The van der Waals surface area contributed by atoms with Crippen LogP contribution in [0.3, 0.4) is 0 Å². The van der Waals surface area contributed by atoms with E-state index in [1.807, 2.05) is 23.1 Å². The molecule has 1 aliphatic heterocycles. The lowest BCUT2D eigenvalue weighted by Crippen LogP contribution is -2.37. The summed E-state index contributed by atoms with van der Waals surface area (Å²) in [5.41, 5.74) is 7.66. The van der Waals surface area contributed by atoms with Crippen LogP contribution in [0, 0.1) is 5.92 Å². The number of pyridine rings is 1. The third-order valence-corrected chi connectivity index (χ3v) is 6.39. The van der Waals surface area contributed by atoms with Crippen LogP contribution in [-0.2, 0) is 0 Å². The normalized spacial score (nSPS) is 15.4. The van der Waals surface area contributed by atoms with E-state index in [2.05, 4.69) is 6.92 Å². The van der Waals surface area contributed by atoms with Crippen LogP contribution in [0.2, 0.25) is 0 Å². The minimum Gasteiger partial charge on any atom is -0.493 e. The SMILES string of the molecule is COc1cc2cc3c(N)c(C(=O)N4CCC(C)CC4)sc3nc2cc1OC. The molecule has 3 heterocycles. The molecular weight excluding hydrogens is 362 g/mol. The maximum Gasteiger partial charge on any atom is 0.266 e. The fourth-order valence-corrected chi connectivity index (χ4v) is 4.59. The van der Waals surface area contributed by atoms with Crippen molar-refractivity contribution < 1.29 is 14.3 Å². The lowest BCUT2D eigenvalue weighted by Gasteiger charge is -2.30. The predicted molar refractivity (Wildman–Crippen MR) is 109 cm³/mol. The number of carbonyl (C=O) groups is 1. The summed E-state index contributed by atoms with van der Waals surface area (Å²) in [6.45, 7) is 3.81. The molecule has 0 spiro atoms. The van der Waals surface area contributed by atoms with Gasteiger partial charge in [-0.05, 0) is 30.9 Å². The highest BCUT2D eigenvalue weighted by molar-refractivity contribution is 7.21. The molecule has 1 aliphatic rings. The van der Waals surface area contributed by atoms with Gasteiger partial charge in [0.1, 0.15) is 9.71 Å². The molecule has 4 rings (SSSR count). The third-order valence-electron chi connectivity index (χ3n) is 5.28. The summed E-state index contributed by atoms with van der Waals surface area (Å²) >= 11 is 1.37. The summed E-state index contributed by atoms with van der Waals surface area (Å²) in [6.07, 6.45) is 2.08. The Hall–Kier alpha value is -2.54. The van der Waals surface area contributed by atoms with Gasteiger partial charge in [-0.2, -0.15) is 0 Å². The van der Waals surface area contributed by atoms with Crippen LogP contribution in [-0.4, -0.2) is 43.1 Å². The highest BCUT2D eigenvalue weighted by Gasteiger charge is 2.26. The Balaban J connectivity index is 1.78. The van der Waals surface area contributed by atoms with E-state index >= 15 is 0 Å². The molecule has 1 saturated heterocycles. The Kier molecular flexibility index (Phi) is 4.55. The van der Waals surface area contributed by atoms with E-state index in [-0.39, 0.29) is 5.91 Å². The van der Waals surface area contributed by atoms with Gasteiger partial charge < -0.3 is 20.1 Å². The topological polar surface area (TPSA) is 77.7 Å². The number of anilines is 1. The molecule has 1 amide bonds. The molecule has 7 heteroatoms. The lowest BCUT2D eigenvalue weighted by atomic mass is 9.99. The van der Waals surface area contributed by atoms with Gasteiger partial charge in [-0.15, -0.1) is 11.3 Å². The maximum atomic E-state index is 13.0. The van der Waals surface area contributed by atoms with Gasteiger partial charge in [-0.25, -0.2) is 4.98 Å². The van der Waals surface area contributed by atoms with Crippen molar-refractivity contribution in [2.75, 3.05) is 33.0 Å². The number of amides is 1. The second-order valence-electron chi connectivity index (χ2n) is 7.06. The molecule has 6 nitrogen and oxygen atoms in total. The standard InChI is InChI=1S/C20H23N3O3S/c1-11-4-6-23(7-5-11)20(24)18-17(21)13-8-12-9-15(25-2)16(26-3)10-14(12)22-19(13)27-18/h8-11H,4-7,21H2,1-3H3. The summed E-state index contributed by atoms with van der Waals surface area (Å²) in [6, 6.07) is 5.70. The average Bonchev–Trinajstić information content (AvgIpc) is 3.00. The molecule has 142 valence electrons. The number of rotatable bonds is 3. The van der Waals surface area contributed by atoms with Crippen molar-refractivity contribution in [2.24, 2.45) is 5.92 Å². The van der Waals surface area contributed by atoms with Crippen LogP contribution in [0.4, 0.5) is 5.69 Å². The number of piperidine rings is 1. The summed E-state index contributed by atoms with van der Waals surface area (Å²) in [5, 5.41) is 1.71. The molecule has 3 aromatic rings. The van der Waals surface area contributed by atoms with Crippen molar-refractivity contribution in [3.05, 3.63) is 23.1 Å². The molecule has 1 fully saturated rings.